The van der Waals surface area contributed by atoms with Crippen LogP contribution >= 0.6 is 23.2 Å². The molecule has 0 saturated heterocycles. The van der Waals surface area contributed by atoms with Crippen molar-refractivity contribution in [3.05, 3.63) is 57.1 Å². The molecule has 3 nitrogen and oxygen atoms in total. The summed E-state index contributed by atoms with van der Waals surface area (Å²) < 4.78 is 0. The van der Waals surface area contributed by atoms with E-state index in [1.807, 2.05) is 31.2 Å². The van der Waals surface area contributed by atoms with Gasteiger partial charge in [0, 0.05) is 22.7 Å². The molecular formula is C13H12Cl2N2O. The largest absolute Gasteiger partial charge is 0.388 e. The smallest absolute Gasteiger partial charge is 0.155 e. The molecule has 0 atom stereocenters. The fourth-order valence-electron chi connectivity index (χ4n) is 1.72. The highest BCUT2D eigenvalue weighted by molar-refractivity contribution is 6.31. The summed E-state index contributed by atoms with van der Waals surface area (Å²) in [5, 5.41) is 10.1. The van der Waals surface area contributed by atoms with Crippen LogP contribution in [-0.4, -0.2) is 15.1 Å². The molecule has 5 heteroatoms. The van der Waals surface area contributed by atoms with Gasteiger partial charge >= 0.3 is 0 Å². The van der Waals surface area contributed by atoms with E-state index in [9.17, 15) is 0 Å². The van der Waals surface area contributed by atoms with Gasteiger partial charge < -0.3 is 5.11 Å². The monoisotopic (exact) mass is 282 g/mol. The highest BCUT2D eigenvalue weighted by Gasteiger charge is 2.11. The van der Waals surface area contributed by atoms with Crippen LogP contribution in [0, 0.1) is 6.92 Å². The predicted molar refractivity (Wildman–Crippen MR) is 72.0 cm³/mol. The van der Waals surface area contributed by atoms with Crippen molar-refractivity contribution in [3.8, 4) is 0 Å². The number of hydrogen-bond donors (Lipinski definition) is 1. The lowest BCUT2D eigenvalue weighted by atomic mass is 10.1. The van der Waals surface area contributed by atoms with E-state index in [1.165, 1.54) is 0 Å². The van der Waals surface area contributed by atoms with Crippen LogP contribution in [0.1, 0.15) is 22.6 Å². The second-order valence-corrected chi connectivity index (χ2v) is 4.69. The Morgan fingerprint density at radius 1 is 1.17 bits per heavy atom. The van der Waals surface area contributed by atoms with Crippen LogP contribution in [0.3, 0.4) is 0 Å². The average molecular weight is 283 g/mol. The minimum atomic E-state index is -0.215. The molecule has 0 radical (unpaired) electrons. The van der Waals surface area contributed by atoms with Crippen LogP contribution in [0.5, 0.6) is 0 Å². The number of aliphatic hydroxyl groups is 1. The lowest BCUT2D eigenvalue weighted by molar-refractivity contribution is 0.271. The van der Waals surface area contributed by atoms with Crippen molar-refractivity contribution in [1.82, 2.24) is 9.97 Å². The van der Waals surface area contributed by atoms with Crippen LogP contribution in [0.4, 0.5) is 0 Å². The maximum Gasteiger partial charge on any atom is 0.155 e. The second kappa shape index (κ2) is 5.65. The number of aromatic nitrogens is 2. The Morgan fingerprint density at radius 3 is 2.50 bits per heavy atom. The van der Waals surface area contributed by atoms with E-state index >= 15 is 0 Å². The first-order valence-electron chi connectivity index (χ1n) is 5.48. The fourth-order valence-corrected chi connectivity index (χ4v) is 2.22. The Labute approximate surface area is 115 Å². The topological polar surface area (TPSA) is 46.0 Å². The van der Waals surface area contributed by atoms with Crippen LogP contribution < -0.4 is 0 Å². The maximum absolute atomic E-state index is 9.01. The Balaban J connectivity index is 2.38. The first-order valence-corrected chi connectivity index (χ1v) is 6.23. The minimum Gasteiger partial charge on any atom is -0.388 e. The van der Waals surface area contributed by atoms with Gasteiger partial charge in [-0.1, -0.05) is 41.4 Å². The summed E-state index contributed by atoms with van der Waals surface area (Å²) in [7, 11) is 0. The number of hydrogen-bond acceptors (Lipinski definition) is 3. The Hall–Kier alpha value is -1.16. The third-order valence-electron chi connectivity index (χ3n) is 2.68. The number of rotatable bonds is 3. The molecule has 1 N–H and O–H groups in total. The molecule has 0 aliphatic rings. The molecule has 94 valence electrons. The molecule has 0 spiro atoms. The summed E-state index contributed by atoms with van der Waals surface area (Å²) in [6.07, 6.45) is 0.579. The Morgan fingerprint density at radius 2 is 1.89 bits per heavy atom. The van der Waals surface area contributed by atoms with Gasteiger partial charge in [-0.3, -0.25) is 0 Å². The lowest BCUT2D eigenvalue weighted by Crippen LogP contribution is -2.04. The number of aliphatic hydroxyl groups excluding tert-OH is 1. The summed E-state index contributed by atoms with van der Waals surface area (Å²) in [5.41, 5.74) is 2.57. The molecule has 0 aliphatic heterocycles. The van der Waals surface area contributed by atoms with Crippen LogP contribution in [0.2, 0.25) is 10.2 Å². The van der Waals surface area contributed by atoms with Crippen molar-refractivity contribution >= 4 is 23.2 Å². The zero-order valence-corrected chi connectivity index (χ0v) is 11.3. The summed E-state index contributed by atoms with van der Waals surface area (Å²) in [5.74, 6) is 0.334. The number of aryl methyl sites for hydroxylation is 1. The third kappa shape index (κ3) is 2.80. The van der Waals surface area contributed by atoms with Gasteiger partial charge in [0.25, 0.3) is 0 Å². The molecule has 2 aromatic rings. The lowest BCUT2D eigenvalue weighted by Gasteiger charge is -2.09. The van der Waals surface area contributed by atoms with Crippen molar-refractivity contribution in [2.45, 2.75) is 20.0 Å². The van der Waals surface area contributed by atoms with Gasteiger partial charge in [-0.05, 0) is 18.6 Å². The molecule has 1 heterocycles. The van der Waals surface area contributed by atoms with E-state index in [1.54, 1.807) is 0 Å². The van der Waals surface area contributed by atoms with E-state index in [0.29, 0.717) is 22.4 Å². The van der Waals surface area contributed by atoms with Crippen molar-refractivity contribution in [3.63, 3.8) is 0 Å². The summed E-state index contributed by atoms with van der Waals surface area (Å²) in [6, 6.07) is 7.58. The van der Waals surface area contributed by atoms with E-state index < -0.39 is 0 Å². The van der Waals surface area contributed by atoms with Gasteiger partial charge in [0.15, 0.2) is 5.82 Å². The highest BCUT2D eigenvalue weighted by Crippen LogP contribution is 2.24. The van der Waals surface area contributed by atoms with Gasteiger partial charge in [0.1, 0.15) is 11.8 Å². The molecule has 0 unspecified atom stereocenters. The van der Waals surface area contributed by atoms with Crippen molar-refractivity contribution in [1.29, 1.82) is 0 Å². The highest BCUT2D eigenvalue weighted by atomic mass is 35.5. The number of benzene rings is 1. The van der Waals surface area contributed by atoms with Gasteiger partial charge in [0.05, 0.1) is 0 Å². The van der Waals surface area contributed by atoms with Gasteiger partial charge in [-0.2, -0.15) is 0 Å². The molecule has 18 heavy (non-hydrogen) atoms. The summed E-state index contributed by atoms with van der Waals surface area (Å²) >= 11 is 12.2. The van der Waals surface area contributed by atoms with Crippen molar-refractivity contribution < 1.29 is 5.11 Å². The molecule has 2 rings (SSSR count). The molecule has 0 saturated carbocycles. The SMILES string of the molecule is Cc1nc(CO)nc(Cl)c1Cc1ccccc1Cl. The molecule has 0 bridgehead atoms. The molecule has 1 aromatic carbocycles. The van der Waals surface area contributed by atoms with Gasteiger partial charge in [-0.15, -0.1) is 0 Å². The van der Waals surface area contributed by atoms with E-state index in [4.69, 9.17) is 28.3 Å². The Kier molecular flexibility index (Phi) is 4.17. The maximum atomic E-state index is 9.01. The zero-order chi connectivity index (χ0) is 13.1. The van der Waals surface area contributed by atoms with Crippen molar-refractivity contribution in [2.24, 2.45) is 0 Å². The average Bonchev–Trinajstić information content (AvgIpc) is 2.35. The molecular weight excluding hydrogens is 271 g/mol. The second-order valence-electron chi connectivity index (χ2n) is 3.92. The molecule has 0 amide bonds. The molecule has 1 aromatic heterocycles. The first-order chi connectivity index (χ1) is 8.61. The number of halogens is 2. The van der Waals surface area contributed by atoms with E-state index in [-0.39, 0.29) is 6.61 Å². The third-order valence-corrected chi connectivity index (χ3v) is 3.36. The number of nitrogens with zero attached hydrogens (tertiary/aromatic N) is 2. The van der Waals surface area contributed by atoms with Gasteiger partial charge in [-0.25, -0.2) is 9.97 Å². The summed E-state index contributed by atoms with van der Waals surface area (Å²) in [6.45, 7) is 1.63. The fraction of sp³-hybridized carbons (Fsp3) is 0.231. The Bertz CT molecular complexity index is 550. The molecule has 0 fully saturated rings. The van der Waals surface area contributed by atoms with Crippen LogP contribution in [0.25, 0.3) is 0 Å². The van der Waals surface area contributed by atoms with E-state index in [0.717, 1.165) is 16.8 Å². The first kappa shape index (κ1) is 13.3. The predicted octanol–water partition coefficient (Wildman–Crippen LogP) is 3.17. The zero-order valence-electron chi connectivity index (χ0n) is 9.82. The van der Waals surface area contributed by atoms with E-state index in [2.05, 4.69) is 9.97 Å². The standard InChI is InChI=1S/C13H12Cl2N2O/c1-8-10(13(15)17-12(7-18)16-8)6-9-4-2-3-5-11(9)14/h2-5,18H,6-7H2,1H3. The normalized spacial score (nSPS) is 10.7. The van der Waals surface area contributed by atoms with Crippen LogP contribution in [0.15, 0.2) is 24.3 Å². The minimum absolute atomic E-state index is 0.215. The quantitative estimate of drug-likeness (QED) is 0.880. The summed E-state index contributed by atoms with van der Waals surface area (Å²) in [4.78, 5) is 8.23. The van der Waals surface area contributed by atoms with Crippen molar-refractivity contribution in [2.75, 3.05) is 0 Å². The van der Waals surface area contributed by atoms with Crippen LogP contribution in [-0.2, 0) is 13.0 Å². The van der Waals surface area contributed by atoms with Gasteiger partial charge in [0.2, 0.25) is 0 Å². The molecule has 0 aliphatic carbocycles.